The maximum absolute atomic E-state index is 11.6. The summed E-state index contributed by atoms with van der Waals surface area (Å²) in [7, 11) is 0. The third kappa shape index (κ3) is 4.34. The van der Waals surface area contributed by atoms with Crippen molar-refractivity contribution in [3.05, 3.63) is 29.8 Å². The molecule has 1 aromatic rings. The minimum absolute atomic E-state index is 0.00996. The Bertz CT molecular complexity index is 366. The van der Waals surface area contributed by atoms with Crippen molar-refractivity contribution in [1.29, 1.82) is 0 Å². The Hall–Kier alpha value is -1.51. The molecule has 1 amide bonds. The largest absolute Gasteiger partial charge is 0.508 e. The highest BCUT2D eigenvalue weighted by Crippen LogP contribution is 2.19. The van der Waals surface area contributed by atoms with Gasteiger partial charge in [0, 0.05) is 18.5 Å². The van der Waals surface area contributed by atoms with Crippen molar-refractivity contribution in [3.63, 3.8) is 0 Å². The zero-order chi connectivity index (χ0) is 12.2. The molecule has 0 atom stereocenters. The first-order valence-corrected chi connectivity index (χ1v) is 5.42. The molecule has 2 N–H and O–H groups in total. The maximum Gasteiger partial charge on any atom is 0.220 e. The second kappa shape index (κ2) is 5.01. The van der Waals surface area contributed by atoms with E-state index in [2.05, 4.69) is 5.32 Å². The zero-order valence-corrected chi connectivity index (χ0v) is 10.1. The summed E-state index contributed by atoms with van der Waals surface area (Å²) in [5.41, 5.74) is 0.729. The van der Waals surface area contributed by atoms with Crippen LogP contribution in [0.25, 0.3) is 0 Å². The summed E-state index contributed by atoms with van der Waals surface area (Å²) in [6, 6.07) is 7.01. The van der Waals surface area contributed by atoms with Gasteiger partial charge in [-0.2, -0.15) is 0 Å². The van der Waals surface area contributed by atoms with E-state index >= 15 is 0 Å². The van der Waals surface area contributed by atoms with E-state index in [4.69, 9.17) is 0 Å². The van der Waals surface area contributed by atoms with E-state index < -0.39 is 0 Å². The molecule has 0 aliphatic carbocycles. The third-order valence-electron chi connectivity index (χ3n) is 2.16. The summed E-state index contributed by atoms with van der Waals surface area (Å²) in [5.74, 6) is 0.231. The van der Waals surface area contributed by atoms with E-state index in [0.29, 0.717) is 13.0 Å². The minimum Gasteiger partial charge on any atom is -0.508 e. The van der Waals surface area contributed by atoms with Gasteiger partial charge in [-0.05, 0) is 11.5 Å². The highest BCUT2D eigenvalue weighted by Gasteiger charge is 2.15. The van der Waals surface area contributed by atoms with E-state index in [1.807, 2.05) is 26.8 Å². The van der Waals surface area contributed by atoms with Crippen LogP contribution in [0.1, 0.15) is 32.8 Å². The molecular formula is C13H19NO2. The molecule has 0 aromatic heterocycles. The first-order chi connectivity index (χ1) is 7.38. The number of para-hydroxylation sites is 1. The topological polar surface area (TPSA) is 49.3 Å². The molecular weight excluding hydrogens is 202 g/mol. The van der Waals surface area contributed by atoms with E-state index in [1.54, 1.807) is 18.2 Å². The van der Waals surface area contributed by atoms with Crippen LogP contribution in [0, 0.1) is 5.41 Å². The number of carbonyl (C=O) groups excluding carboxylic acids is 1. The smallest absolute Gasteiger partial charge is 0.220 e. The van der Waals surface area contributed by atoms with E-state index in [9.17, 15) is 9.90 Å². The number of rotatable bonds is 3. The lowest BCUT2D eigenvalue weighted by Crippen LogP contribution is -2.27. The highest BCUT2D eigenvalue weighted by atomic mass is 16.3. The standard InChI is InChI=1S/C13H19NO2/c1-13(2,3)8-12(16)14-9-10-6-4-5-7-11(10)15/h4-7,15H,8-9H2,1-3H3,(H,14,16). The Morgan fingerprint density at radius 2 is 1.94 bits per heavy atom. The lowest BCUT2D eigenvalue weighted by Gasteiger charge is -2.17. The van der Waals surface area contributed by atoms with Gasteiger partial charge < -0.3 is 10.4 Å². The number of benzene rings is 1. The van der Waals surface area contributed by atoms with Gasteiger partial charge in [0.15, 0.2) is 0 Å². The number of hydrogen-bond acceptors (Lipinski definition) is 2. The van der Waals surface area contributed by atoms with Crippen LogP contribution in [0.15, 0.2) is 24.3 Å². The van der Waals surface area contributed by atoms with Crippen molar-refractivity contribution < 1.29 is 9.90 Å². The van der Waals surface area contributed by atoms with Crippen LogP contribution in [0.2, 0.25) is 0 Å². The number of nitrogens with one attached hydrogen (secondary N) is 1. The number of aromatic hydroxyl groups is 1. The van der Waals surface area contributed by atoms with Crippen molar-refractivity contribution >= 4 is 5.91 Å². The van der Waals surface area contributed by atoms with Gasteiger partial charge >= 0.3 is 0 Å². The second-order valence-electron chi connectivity index (χ2n) is 5.14. The van der Waals surface area contributed by atoms with Crippen molar-refractivity contribution in [2.75, 3.05) is 0 Å². The van der Waals surface area contributed by atoms with Crippen LogP contribution >= 0.6 is 0 Å². The van der Waals surface area contributed by atoms with Crippen LogP contribution < -0.4 is 5.32 Å². The third-order valence-corrected chi connectivity index (χ3v) is 2.16. The minimum atomic E-state index is -0.0111. The average Bonchev–Trinajstić information content (AvgIpc) is 2.14. The molecule has 0 spiro atoms. The van der Waals surface area contributed by atoms with Gasteiger partial charge in [0.25, 0.3) is 0 Å². The van der Waals surface area contributed by atoms with Gasteiger partial charge in [-0.15, -0.1) is 0 Å². The number of hydrogen-bond donors (Lipinski definition) is 2. The number of carbonyl (C=O) groups is 1. The molecule has 3 nitrogen and oxygen atoms in total. The number of phenols is 1. The van der Waals surface area contributed by atoms with E-state index in [1.165, 1.54) is 0 Å². The van der Waals surface area contributed by atoms with Crippen LogP contribution in [-0.4, -0.2) is 11.0 Å². The van der Waals surface area contributed by atoms with Gasteiger partial charge in [-0.1, -0.05) is 39.0 Å². The molecule has 3 heteroatoms. The van der Waals surface area contributed by atoms with Crippen molar-refractivity contribution in [2.45, 2.75) is 33.7 Å². The molecule has 88 valence electrons. The first kappa shape index (κ1) is 12.6. The second-order valence-corrected chi connectivity index (χ2v) is 5.14. The lowest BCUT2D eigenvalue weighted by atomic mass is 9.92. The fraction of sp³-hybridized carbons (Fsp3) is 0.462. The number of phenolic OH excluding ortho intramolecular Hbond substituents is 1. The van der Waals surface area contributed by atoms with Gasteiger partial charge in [-0.3, -0.25) is 4.79 Å². The fourth-order valence-electron chi connectivity index (χ4n) is 1.40. The van der Waals surface area contributed by atoms with Crippen molar-refractivity contribution in [2.24, 2.45) is 5.41 Å². The average molecular weight is 221 g/mol. The fourth-order valence-corrected chi connectivity index (χ4v) is 1.40. The Labute approximate surface area is 96.5 Å². The SMILES string of the molecule is CC(C)(C)CC(=O)NCc1ccccc1O. The summed E-state index contributed by atoms with van der Waals surface area (Å²) in [6.45, 7) is 6.44. The highest BCUT2D eigenvalue weighted by molar-refractivity contribution is 5.76. The molecule has 0 saturated carbocycles. The van der Waals surface area contributed by atoms with E-state index in [0.717, 1.165) is 5.56 Å². The summed E-state index contributed by atoms with van der Waals surface area (Å²) in [6.07, 6.45) is 0.487. The monoisotopic (exact) mass is 221 g/mol. The summed E-state index contributed by atoms with van der Waals surface area (Å²) < 4.78 is 0. The maximum atomic E-state index is 11.6. The molecule has 16 heavy (non-hydrogen) atoms. The molecule has 0 aliphatic heterocycles. The van der Waals surface area contributed by atoms with Crippen LogP contribution in [0.4, 0.5) is 0 Å². The van der Waals surface area contributed by atoms with Gasteiger partial charge in [0.05, 0.1) is 0 Å². The van der Waals surface area contributed by atoms with Crippen molar-refractivity contribution in [1.82, 2.24) is 5.32 Å². The Balaban J connectivity index is 2.47. The predicted molar refractivity (Wildman–Crippen MR) is 64.0 cm³/mol. The normalized spacial score (nSPS) is 11.2. The van der Waals surface area contributed by atoms with Crippen LogP contribution in [-0.2, 0) is 11.3 Å². The molecule has 0 radical (unpaired) electrons. The molecule has 0 aliphatic rings. The molecule has 0 heterocycles. The molecule has 1 rings (SSSR count). The quantitative estimate of drug-likeness (QED) is 0.823. The van der Waals surface area contributed by atoms with Crippen molar-refractivity contribution in [3.8, 4) is 5.75 Å². The van der Waals surface area contributed by atoms with Gasteiger partial charge in [0.1, 0.15) is 5.75 Å². The summed E-state index contributed by atoms with van der Waals surface area (Å²) >= 11 is 0. The van der Waals surface area contributed by atoms with Crippen LogP contribution in [0.5, 0.6) is 5.75 Å². The number of amides is 1. The Morgan fingerprint density at radius 3 is 2.50 bits per heavy atom. The summed E-state index contributed by atoms with van der Waals surface area (Å²) in [5, 5.41) is 12.3. The van der Waals surface area contributed by atoms with Gasteiger partial charge in [0.2, 0.25) is 5.91 Å². The van der Waals surface area contributed by atoms with E-state index in [-0.39, 0.29) is 17.1 Å². The predicted octanol–water partition coefficient (Wildman–Crippen LogP) is 2.44. The Morgan fingerprint density at radius 1 is 1.31 bits per heavy atom. The van der Waals surface area contributed by atoms with Gasteiger partial charge in [-0.25, -0.2) is 0 Å². The molecule has 0 saturated heterocycles. The molecule has 0 fully saturated rings. The molecule has 0 bridgehead atoms. The Kier molecular flexibility index (Phi) is 3.93. The summed E-state index contributed by atoms with van der Waals surface area (Å²) in [4.78, 5) is 11.6. The molecule has 1 aromatic carbocycles. The lowest BCUT2D eigenvalue weighted by molar-refractivity contribution is -0.122. The zero-order valence-electron chi connectivity index (χ0n) is 10.1. The van der Waals surface area contributed by atoms with Crippen LogP contribution in [0.3, 0.4) is 0 Å². The molecule has 0 unspecified atom stereocenters. The first-order valence-electron chi connectivity index (χ1n) is 5.42.